The Kier molecular flexibility index (Phi) is 3.56. The monoisotopic (exact) mass is 251 g/mol. The molecule has 0 aliphatic carbocycles. The summed E-state index contributed by atoms with van der Waals surface area (Å²) >= 11 is 0. The van der Waals surface area contributed by atoms with E-state index in [0.29, 0.717) is 0 Å². The smallest absolute Gasteiger partial charge is 0.0457 e. The molecule has 1 aromatic carbocycles. The molecule has 3 heteroatoms. The standard InChI is InChI=1S/C16H17N3/c1-2-4-16-15(3-1)14(12-19-16)11-18-10-7-13-5-8-17-9-6-13/h1-6,8-9,12,18-19H,7,10-11H2. The maximum atomic E-state index is 4.02. The van der Waals surface area contributed by atoms with Gasteiger partial charge in [-0.25, -0.2) is 0 Å². The van der Waals surface area contributed by atoms with E-state index in [1.807, 2.05) is 12.4 Å². The van der Waals surface area contributed by atoms with Crippen molar-refractivity contribution in [2.24, 2.45) is 0 Å². The van der Waals surface area contributed by atoms with Gasteiger partial charge in [0.25, 0.3) is 0 Å². The number of nitrogens with one attached hydrogen (secondary N) is 2. The third-order valence-electron chi connectivity index (χ3n) is 3.33. The van der Waals surface area contributed by atoms with Crippen molar-refractivity contribution in [3.05, 3.63) is 66.1 Å². The lowest BCUT2D eigenvalue weighted by Crippen LogP contribution is -2.16. The second-order valence-electron chi connectivity index (χ2n) is 4.64. The van der Waals surface area contributed by atoms with E-state index in [2.05, 4.69) is 57.9 Å². The van der Waals surface area contributed by atoms with E-state index in [1.165, 1.54) is 22.0 Å². The minimum absolute atomic E-state index is 0.898. The Balaban J connectivity index is 1.55. The number of para-hydroxylation sites is 1. The maximum absolute atomic E-state index is 4.02. The van der Waals surface area contributed by atoms with Crippen LogP contribution in [0.15, 0.2) is 55.0 Å². The van der Waals surface area contributed by atoms with Crippen LogP contribution in [0, 0.1) is 0 Å². The van der Waals surface area contributed by atoms with Gasteiger partial charge in [-0.2, -0.15) is 0 Å². The van der Waals surface area contributed by atoms with Crippen molar-refractivity contribution in [2.45, 2.75) is 13.0 Å². The molecule has 0 saturated heterocycles. The Morgan fingerprint density at radius 2 is 1.89 bits per heavy atom. The minimum Gasteiger partial charge on any atom is -0.361 e. The lowest BCUT2D eigenvalue weighted by Gasteiger charge is -2.04. The topological polar surface area (TPSA) is 40.7 Å². The van der Waals surface area contributed by atoms with Crippen LogP contribution in [0.4, 0.5) is 0 Å². The van der Waals surface area contributed by atoms with Crippen LogP contribution in [0.3, 0.4) is 0 Å². The Hall–Kier alpha value is -2.13. The molecule has 2 N–H and O–H groups in total. The summed E-state index contributed by atoms with van der Waals surface area (Å²) in [5.41, 5.74) is 3.85. The summed E-state index contributed by atoms with van der Waals surface area (Å²) in [5.74, 6) is 0. The molecule has 0 unspecified atom stereocenters. The summed E-state index contributed by atoms with van der Waals surface area (Å²) < 4.78 is 0. The first kappa shape index (κ1) is 11.9. The van der Waals surface area contributed by atoms with Gasteiger partial charge in [-0.3, -0.25) is 4.98 Å². The molecule has 0 radical (unpaired) electrons. The molecular formula is C16H17N3. The highest BCUT2D eigenvalue weighted by Crippen LogP contribution is 2.17. The summed E-state index contributed by atoms with van der Waals surface area (Å²) in [5, 5.41) is 4.79. The molecule has 0 atom stereocenters. The van der Waals surface area contributed by atoms with Gasteiger partial charge < -0.3 is 10.3 Å². The summed E-state index contributed by atoms with van der Waals surface area (Å²) in [7, 11) is 0. The van der Waals surface area contributed by atoms with E-state index in [-0.39, 0.29) is 0 Å². The first-order chi connectivity index (χ1) is 9.43. The van der Waals surface area contributed by atoms with E-state index in [1.54, 1.807) is 0 Å². The van der Waals surface area contributed by atoms with E-state index >= 15 is 0 Å². The number of nitrogens with zero attached hydrogens (tertiary/aromatic N) is 1. The number of fused-ring (bicyclic) bond motifs is 1. The minimum atomic E-state index is 0.898. The van der Waals surface area contributed by atoms with Crippen molar-refractivity contribution < 1.29 is 0 Å². The molecule has 0 aliphatic heterocycles. The van der Waals surface area contributed by atoms with E-state index in [4.69, 9.17) is 0 Å². The van der Waals surface area contributed by atoms with Crippen molar-refractivity contribution in [2.75, 3.05) is 6.54 Å². The van der Waals surface area contributed by atoms with Gasteiger partial charge in [0.1, 0.15) is 0 Å². The number of aromatic nitrogens is 2. The summed E-state index contributed by atoms with van der Waals surface area (Å²) in [6.45, 7) is 1.87. The molecule has 0 amide bonds. The van der Waals surface area contributed by atoms with Gasteiger partial charge in [-0.05, 0) is 42.3 Å². The van der Waals surface area contributed by atoms with Crippen molar-refractivity contribution in [3.8, 4) is 0 Å². The third-order valence-corrected chi connectivity index (χ3v) is 3.33. The normalized spacial score (nSPS) is 10.9. The number of pyridine rings is 1. The van der Waals surface area contributed by atoms with Crippen molar-refractivity contribution in [1.82, 2.24) is 15.3 Å². The molecule has 0 saturated carbocycles. The Bertz CT molecular complexity index is 643. The molecule has 3 aromatic rings. The zero-order valence-corrected chi connectivity index (χ0v) is 10.8. The lowest BCUT2D eigenvalue weighted by atomic mass is 10.1. The van der Waals surface area contributed by atoms with E-state index < -0.39 is 0 Å². The largest absolute Gasteiger partial charge is 0.361 e. The molecule has 19 heavy (non-hydrogen) atoms. The molecule has 3 rings (SSSR count). The molecule has 0 bridgehead atoms. The number of hydrogen-bond acceptors (Lipinski definition) is 2. The summed E-state index contributed by atoms with van der Waals surface area (Å²) in [4.78, 5) is 7.32. The number of rotatable bonds is 5. The van der Waals surface area contributed by atoms with Crippen molar-refractivity contribution in [1.29, 1.82) is 0 Å². The first-order valence-electron chi connectivity index (χ1n) is 6.58. The second-order valence-corrected chi connectivity index (χ2v) is 4.64. The number of benzene rings is 1. The Labute approximate surface area is 112 Å². The molecule has 0 spiro atoms. The highest BCUT2D eigenvalue weighted by atomic mass is 14.9. The fourth-order valence-corrected chi connectivity index (χ4v) is 2.28. The van der Waals surface area contributed by atoms with Gasteiger partial charge in [0.05, 0.1) is 0 Å². The maximum Gasteiger partial charge on any atom is 0.0457 e. The van der Waals surface area contributed by atoms with Gasteiger partial charge in [-0.1, -0.05) is 18.2 Å². The predicted molar refractivity (Wildman–Crippen MR) is 77.9 cm³/mol. The first-order valence-corrected chi connectivity index (χ1v) is 6.58. The Morgan fingerprint density at radius 3 is 2.79 bits per heavy atom. The molecular weight excluding hydrogens is 234 g/mol. The van der Waals surface area contributed by atoms with Crippen LogP contribution < -0.4 is 5.32 Å². The highest BCUT2D eigenvalue weighted by molar-refractivity contribution is 5.82. The van der Waals surface area contributed by atoms with Gasteiger partial charge in [-0.15, -0.1) is 0 Å². The average Bonchev–Trinajstić information content (AvgIpc) is 2.88. The van der Waals surface area contributed by atoms with Crippen LogP contribution in [-0.4, -0.2) is 16.5 Å². The SMILES string of the molecule is c1ccc2c(CNCCc3ccncc3)c[nH]c2c1. The predicted octanol–water partition coefficient (Wildman–Crippen LogP) is 2.90. The van der Waals surface area contributed by atoms with Gasteiger partial charge in [0.15, 0.2) is 0 Å². The molecule has 2 heterocycles. The molecule has 0 fully saturated rings. The molecule has 0 aliphatic rings. The summed E-state index contributed by atoms with van der Waals surface area (Å²) in [6.07, 6.45) is 6.80. The van der Waals surface area contributed by atoms with Crippen molar-refractivity contribution >= 4 is 10.9 Å². The van der Waals surface area contributed by atoms with E-state index in [9.17, 15) is 0 Å². The van der Waals surface area contributed by atoms with Crippen LogP contribution in [0.1, 0.15) is 11.1 Å². The molecule has 96 valence electrons. The second kappa shape index (κ2) is 5.67. The summed E-state index contributed by atoms with van der Waals surface area (Å²) in [6, 6.07) is 12.5. The van der Waals surface area contributed by atoms with Gasteiger partial charge >= 0.3 is 0 Å². The Morgan fingerprint density at radius 1 is 1.05 bits per heavy atom. The van der Waals surface area contributed by atoms with Gasteiger partial charge in [0.2, 0.25) is 0 Å². The number of aromatic amines is 1. The average molecular weight is 251 g/mol. The number of hydrogen-bond donors (Lipinski definition) is 2. The zero-order valence-electron chi connectivity index (χ0n) is 10.8. The quantitative estimate of drug-likeness (QED) is 0.685. The number of H-pyrrole nitrogens is 1. The van der Waals surface area contributed by atoms with Crippen LogP contribution in [0.25, 0.3) is 10.9 Å². The van der Waals surface area contributed by atoms with E-state index in [0.717, 1.165) is 19.5 Å². The lowest BCUT2D eigenvalue weighted by molar-refractivity contribution is 0.689. The van der Waals surface area contributed by atoms with Gasteiger partial charge in [0, 0.05) is 36.0 Å². The third kappa shape index (κ3) is 2.83. The molecule has 2 aromatic heterocycles. The fourth-order valence-electron chi connectivity index (χ4n) is 2.28. The zero-order chi connectivity index (χ0) is 12.9. The van der Waals surface area contributed by atoms with Crippen LogP contribution >= 0.6 is 0 Å². The fraction of sp³-hybridized carbons (Fsp3) is 0.188. The molecule has 3 nitrogen and oxygen atoms in total. The van der Waals surface area contributed by atoms with Crippen LogP contribution in [0.5, 0.6) is 0 Å². The van der Waals surface area contributed by atoms with Crippen LogP contribution in [0.2, 0.25) is 0 Å². The van der Waals surface area contributed by atoms with Crippen molar-refractivity contribution in [3.63, 3.8) is 0 Å². The van der Waals surface area contributed by atoms with Crippen LogP contribution in [-0.2, 0) is 13.0 Å². The highest BCUT2D eigenvalue weighted by Gasteiger charge is 2.01.